The number of amides is 1. The summed E-state index contributed by atoms with van der Waals surface area (Å²) in [5.41, 5.74) is 5.87. The molecule has 0 unspecified atom stereocenters. The summed E-state index contributed by atoms with van der Waals surface area (Å²) in [7, 11) is 0. The van der Waals surface area contributed by atoms with Gasteiger partial charge in [0.25, 0.3) is 0 Å². The maximum absolute atomic E-state index is 10.7. The van der Waals surface area contributed by atoms with Crippen LogP contribution in [0.2, 0.25) is 0 Å². The lowest BCUT2D eigenvalue weighted by Crippen LogP contribution is -2.47. The van der Waals surface area contributed by atoms with Crippen LogP contribution in [0.4, 0.5) is 4.79 Å². The van der Waals surface area contributed by atoms with Gasteiger partial charge in [-0.05, 0) is 19.3 Å². The maximum Gasteiger partial charge on any atom is 0.407 e. The highest BCUT2D eigenvalue weighted by atomic mass is 16.4. The number of amidine groups is 1. The lowest BCUT2D eigenvalue weighted by molar-refractivity contribution is 0.113. The van der Waals surface area contributed by atoms with Crippen LogP contribution in [0.1, 0.15) is 19.3 Å². The molecule has 0 atom stereocenters. The molecule has 2 aliphatic rings. The Labute approximate surface area is 82.6 Å². The van der Waals surface area contributed by atoms with Gasteiger partial charge in [0.2, 0.25) is 0 Å². The number of nitrogens with zero attached hydrogens (tertiary/aromatic N) is 2. The molecule has 1 spiro atoms. The van der Waals surface area contributed by atoms with Crippen LogP contribution in [0, 0.1) is 5.41 Å². The van der Waals surface area contributed by atoms with Gasteiger partial charge in [-0.15, -0.1) is 0 Å². The zero-order valence-electron chi connectivity index (χ0n) is 8.07. The lowest BCUT2D eigenvalue weighted by Gasteiger charge is -2.37. The predicted molar refractivity (Wildman–Crippen MR) is 52.4 cm³/mol. The van der Waals surface area contributed by atoms with E-state index >= 15 is 0 Å². The Morgan fingerprint density at radius 2 is 2.07 bits per heavy atom. The number of likely N-dealkylation sites (tertiary alicyclic amines) is 1. The van der Waals surface area contributed by atoms with Gasteiger partial charge in [0.15, 0.2) is 0 Å². The first-order valence-electron chi connectivity index (χ1n) is 4.92. The maximum atomic E-state index is 10.7. The smallest absolute Gasteiger partial charge is 0.407 e. The summed E-state index contributed by atoms with van der Waals surface area (Å²) in [4.78, 5) is 16.4. The van der Waals surface area contributed by atoms with Crippen LogP contribution in [0.3, 0.4) is 0 Å². The molecule has 0 aromatic rings. The average Bonchev–Trinajstić information content (AvgIpc) is 2.49. The highest BCUT2D eigenvalue weighted by Crippen LogP contribution is 2.38. The molecule has 78 valence electrons. The van der Waals surface area contributed by atoms with E-state index in [2.05, 4.69) is 4.99 Å². The summed E-state index contributed by atoms with van der Waals surface area (Å²) in [5, 5.41) is 8.80. The Morgan fingerprint density at radius 3 is 2.50 bits per heavy atom. The second-order valence-electron chi connectivity index (χ2n) is 4.07. The van der Waals surface area contributed by atoms with E-state index in [0.717, 1.165) is 31.6 Å². The SMILES string of the molecule is NC1=NCCC12CCN(C(=O)O)CC2. The first-order valence-corrected chi connectivity index (χ1v) is 4.92. The second-order valence-corrected chi connectivity index (χ2v) is 4.07. The van der Waals surface area contributed by atoms with Crippen molar-refractivity contribution < 1.29 is 9.90 Å². The van der Waals surface area contributed by atoms with Gasteiger partial charge in [-0.25, -0.2) is 4.79 Å². The molecular weight excluding hydrogens is 182 g/mol. The normalized spacial score (nSPS) is 25.1. The van der Waals surface area contributed by atoms with E-state index < -0.39 is 6.09 Å². The average molecular weight is 197 g/mol. The van der Waals surface area contributed by atoms with Gasteiger partial charge in [0.1, 0.15) is 5.84 Å². The van der Waals surface area contributed by atoms with Gasteiger partial charge in [-0.3, -0.25) is 4.99 Å². The van der Waals surface area contributed by atoms with Gasteiger partial charge in [-0.2, -0.15) is 0 Å². The molecule has 0 aromatic carbocycles. The Hall–Kier alpha value is -1.26. The molecule has 3 N–H and O–H groups in total. The van der Waals surface area contributed by atoms with Crippen molar-refractivity contribution in [2.75, 3.05) is 19.6 Å². The number of carboxylic acid groups (broad SMARTS) is 1. The number of hydrogen-bond acceptors (Lipinski definition) is 3. The van der Waals surface area contributed by atoms with E-state index in [4.69, 9.17) is 10.8 Å². The molecule has 0 aromatic heterocycles. The molecule has 1 amide bonds. The molecule has 5 heteroatoms. The van der Waals surface area contributed by atoms with Crippen molar-refractivity contribution in [3.8, 4) is 0 Å². The number of aliphatic imine (C=N–C) groups is 1. The first-order chi connectivity index (χ1) is 6.64. The summed E-state index contributed by atoms with van der Waals surface area (Å²) >= 11 is 0. The zero-order valence-corrected chi connectivity index (χ0v) is 8.07. The third-order valence-corrected chi connectivity index (χ3v) is 3.41. The molecule has 1 fully saturated rings. The monoisotopic (exact) mass is 197 g/mol. The fraction of sp³-hybridized carbons (Fsp3) is 0.778. The molecule has 2 rings (SSSR count). The third kappa shape index (κ3) is 1.32. The van der Waals surface area contributed by atoms with Crippen LogP contribution in [-0.4, -0.2) is 41.6 Å². The van der Waals surface area contributed by atoms with Crippen LogP contribution in [0.5, 0.6) is 0 Å². The van der Waals surface area contributed by atoms with E-state index in [9.17, 15) is 4.79 Å². The van der Waals surface area contributed by atoms with Crippen molar-refractivity contribution in [2.24, 2.45) is 16.1 Å². The molecular formula is C9H15N3O2. The van der Waals surface area contributed by atoms with E-state index in [1.807, 2.05) is 0 Å². The quantitative estimate of drug-likeness (QED) is 0.593. The minimum atomic E-state index is -0.826. The fourth-order valence-corrected chi connectivity index (χ4v) is 2.32. The van der Waals surface area contributed by atoms with Crippen molar-refractivity contribution in [2.45, 2.75) is 19.3 Å². The third-order valence-electron chi connectivity index (χ3n) is 3.41. The topological polar surface area (TPSA) is 78.9 Å². The summed E-state index contributed by atoms with van der Waals surface area (Å²) in [5.74, 6) is 0.738. The largest absolute Gasteiger partial charge is 0.465 e. The van der Waals surface area contributed by atoms with Crippen LogP contribution in [0.25, 0.3) is 0 Å². The molecule has 0 bridgehead atoms. The zero-order chi connectivity index (χ0) is 10.2. The minimum Gasteiger partial charge on any atom is -0.465 e. The van der Waals surface area contributed by atoms with Gasteiger partial charge >= 0.3 is 6.09 Å². The molecule has 0 radical (unpaired) electrons. The molecule has 0 saturated carbocycles. The molecule has 14 heavy (non-hydrogen) atoms. The minimum absolute atomic E-state index is 0.0198. The number of nitrogens with two attached hydrogens (primary N) is 1. The van der Waals surface area contributed by atoms with Crippen molar-refractivity contribution in [1.29, 1.82) is 0 Å². The van der Waals surface area contributed by atoms with E-state index in [1.54, 1.807) is 0 Å². The van der Waals surface area contributed by atoms with Gasteiger partial charge in [-0.1, -0.05) is 0 Å². The van der Waals surface area contributed by atoms with Crippen LogP contribution in [0.15, 0.2) is 4.99 Å². The summed E-state index contributed by atoms with van der Waals surface area (Å²) in [6.07, 6.45) is 1.82. The second kappa shape index (κ2) is 3.15. The molecule has 1 saturated heterocycles. The highest BCUT2D eigenvalue weighted by molar-refractivity contribution is 5.88. The fourth-order valence-electron chi connectivity index (χ4n) is 2.32. The Kier molecular flexibility index (Phi) is 2.09. The molecule has 2 aliphatic heterocycles. The Balaban J connectivity index is 2.02. The molecule has 5 nitrogen and oxygen atoms in total. The number of rotatable bonds is 0. The van der Waals surface area contributed by atoms with Crippen LogP contribution < -0.4 is 5.73 Å². The number of piperidine rings is 1. The van der Waals surface area contributed by atoms with E-state index in [-0.39, 0.29) is 5.41 Å². The predicted octanol–water partition coefficient (Wildman–Crippen LogP) is 0.507. The highest BCUT2D eigenvalue weighted by Gasteiger charge is 2.41. The van der Waals surface area contributed by atoms with E-state index in [1.165, 1.54) is 4.90 Å². The van der Waals surface area contributed by atoms with Gasteiger partial charge in [0, 0.05) is 25.0 Å². The van der Waals surface area contributed by atoms with Crippen molar-refractivity contribution in [1.82, 2.24) is 4.90 Å². The molecule has 0 aliphatic carbocycles. The Bertz CT molecular complexity index is 280. The van der Waals surface area contributed by atoms with Gasteiger partial charge in [0.05, 0.1) is 0 Å². The molecule has 2 heterocycles. The first kappa shape index (κ1) is 9.30. The van der Waals surface area contributed by atoms with Crippen LogP contribution >= 0.6 is 0 Å². The Morgan fingerprint density at radius 1 is 1.43 bits per heavy atom. The lowest BCUT2D eigenvalue weighted by atomic mass is 9.76. The number of hydrogen-bond donors (Lipinski definition) is 2. The van der Waals surface area contributed by atoms with Crippen molar-refractivity contribution in [3.05, 3.63) is 0 Å². The van der Waals surface area contributed by atoms with Crippen molar-refractivity contribution >= 4 is 11.9 Å². The van der Waals surface area contributed by atoms with Crippen molar-refractivity contribution in [3.63, 3.8) is 0 Å². The summed E-state index contributed by atoms with van der Waals surface area (Å²) in [6.45, 7) is 1.98. The van der Waals surface area contributed by atoms with Crippen LogP contribution in [-0.2, 0) is 0 Å². The van der Waals surface area contributed by atoms with Gasteiger partial charge < -0.3 is 15.7 Å². The standard InChI is InChI=1S/C9H15N3O2/c10-7-9(1-4-11-7)2-5-12(6-3-9)8(13)14/h1-6H2,(H2,10,11)(H,13,14). The summed E-state index contributed by atoms with van der Waals surface area (Å²) in [6, 6.07) is 0. The number of carbonyl (C=O) groups is 1. The van der Waals surface area contributed by atoms with E-state index in [0.29, 0.717) is 13.1 Å². The summed E-state index contributed by atoms with van der Waals surface area (Å²) < 4.78 is 0.